The Morgan fingerprint density at radius 3 is 3.35 bits per heavy atom. The molecule has 2 fully saturated rings. The van der Waals surface area contributed by atoms with Gasteiger partial charge in [-0.3, -0.25) is 0 Å². The van der Waals surface area contributed by atoms with Crippen molar-refractivity contribution in [3.8, 4) is 0 Å². The molecule has 1 aromatic rings. The maximum Gasteiger partial charge on any atom is 0.124 e. The minimum Gasteiger partial charge on any atom is -0.374 e. The fourth-order valence-corrected chi connectivity index (χ4v) is 4.02. The summed E-state index contributed by atoms with van der Waals surface area (Å²) in [6.45, 7) is 1.68. The van der Waals surface area contributed by atoms with Gasteiger partial charge in [-0.25, -0.2) is 0 Å². The van der Waals surface area contributed by atoms with E-state index < -0.39 is 0 Å². The number of nitrogens with one attached hydrogen (secondary N) is 1. The smallest absolute Gasteiger partial charge is 0.124 e. The highest BCUT2D eigenvalue weighted by Crippen LogP contribution is 2.38. The predicted octanol–water partition coefficient (Wildman–Crippen LogP) is 1.82. The van der Waals surface area contributed by atoms with E-state index in [4.69, 9.17) is 9.26 Å². The Morgan fingerprint density at radius 2 is 2.59 bits per heavy atom. The first-order valence-electron chi connectivity index (χ1n) is 6.21. The molecule has 2 unspecified atom stereocenters. The van der Waals surface area contributed by atoms with Crippen LogP contribution in [0, 0.1) is 0 Å². The molecule has 0 radical (unpaired) electrons. The Kier molecular flexibility index (Phi) is 3.40. The molecule has 2 saturated heterocycles. The molecular formula is C12H18N2O2S. The number of aromatic nitrogens is 1. The molecular weight excluding hydrogens is 236 g/mol. The van der Waals surface area contributed by atoms with Crippen LogP contribution in [0.25, 0.3) is 0 Å². The third-order valence-corrected chi connectivity index (χ3v) is 4.85. The summed E-state index contributed by atoms with van der Waals surface area (Å²) in [7, 11) is 0. The van der Waals surface area contributed by atoms with Gasteiger partial charge < -0.3 is 14.6 Å². The van der Waals surface area contributed by atoms with Gasteiger partial charge in [-0.15, -0.1) is 0 Å². The molecule has 3 heterocycles. The van der Waals surface area contributed by atoms with E-state index in [1.807, 2.05) is 17.8 Å². The van der Waals surface area contributed by atoms with E-state index in [0.29, 0.717) is 6.04 Å². The molecule has 0 bridgehead atoms. The van der Waals surface area contributed by atoms with Gasteiger partial charge in [0.2, 0.25) is 0 Å². The van der Waals surface area contributed by atoms with E-state index in [-0.39, 0.29) is 5.60 Å². The first kappa shape index (κ1) is 11.6. The van der Waals surface area contributed by atoms with Crippen LogP contribution in [0.1, 0.15) is 25.0 Å². The van der Waals surface area contributed by atoms with Gasteiger partial charge >= 0.3 is 0 Å². The normalized spacial score (nSPS) is 33.3. The summed E-state index contributed by atoms with van der Waals surface area (Å²) in [5, 5.41) is 7.48. The summed E-state index contributed by atoms with van der Waals surface area (Å²) >= 11 is 2.02. The van der Waals surface area contributed by atoms with Gasteiger partial charge in [-0.05, 0) is 25.0 Å². The maximum absolute atomic E-state index is 6.00. The average Bonchev–Trinajstić information content (AvgIpc) is 2.99. The van der Waals surface area contributed by atoms with Crippen molar-refractivity contribution >= 4 is 11.8 Å². The Hall–Kier alpha value is -0.520. The second-order valence-corrected chi connectivity index (χ2v) is 6.00. The second-order valence-electron chi connectivity index (χ2n) is 4.90. The van der Waals surface area contributed by atoms with Crippen LogP contribution in [0.2, 0.25) is 0 Å². The molecule has 3 rings (SSSR count). The van der Waals surface area contributed by atoms with Crippen LogP contribution in [0.3, 0.4) is 0 Å². The SMILES string of the molecule is c1cc(CNC2CCOC3(CCSC3)C2)no1. The lowest BCUT2D eigenvalue weighted by Crippen LogP contribution is -2.47. The lowest BCUT2D eigenvalue weighted by atomic mass is 9.90. The maximum atomic E-state index is 6.00. The summed E-state index contributed by atoms with van der Waals surface area (Å²) in [5.74, 6) is 2.41. The lowest BCUT2D eigenvalue weighted by molar-refractivity contribution is -0.0703. The largest absolute Gasteiger partial charge is 0.374 e. The summed E-state index contributed by atoms with van der Waals surface area (Å²) in [6, 6.07) is 2.47. The first-order valence-corrected chi connectivity index (χ1v) is 7.36. The molecule has 5 heteroatoms. The molecule has 0 amide bonds. The van der Waals surface area contributed by atoms with Crippen LogP contribution < -0.4 is 5.32 Å². The van der Waals surface area contributed by atoms with E-state index in [0.717, 1.165) is 37.4 Å². The zero-order valence-corrected chi connectivity index (χ0v) is 10.7. The number of hydrogen-bond acceptors (Lipinski definition) is 5. The predicted molar refractivity (Wildman–Crippen MR) is 67.0 cm³/mol. The minimum atomic E-state index is 0.157. The van der Waals surface area contributed by atoms with Crippen LogP contribution in [-0.4, -0.2) is 34.9 Å². The summed E-state index contributed by atoms with van der Waals surface area (Å²) in [5.41, 5.74) is 1.14. The molecule has 1 spiro atoms. The molecule has 4 nitrogen and oxygen atoms in total. The Balaban J connectivity index is 1.53. The third-order valence-electron chi connectivity index (χ3n) is 3.62. The van der Waals surface area contributed by atoms with Gasteiger partial charge in [0.25, 0.3) is 0 Å². The van der Waals surface area contributed by atoms with Gasteiger partial charge in [0.1, 0.15) is 6.26 Å². The highest BCUT2D eigenvalue weighted by atomic mass is 32.2. The van der Waals surface area contributed by atoms with Crippen molar-refractivity contribution in [3.63, 3.8) is 0 Å². The van der Waals surface area contributed by atoms with Crippen molar-refractivity contribution in [2.75, 3.05) is 18.1 Å². The fraction of sp³-hybridized carbons (Fsp3) is 0.750. The highest BCUT2D eigenvalue weighted by Gasteiger charge is 2.40. The monoisotopic (exact) mass is 254 g/mol. The first-order chi connectivity index (χ1) is 8.36. The zero-order chi connectivity index (χ0) is 11.6. The van der Waals surface area contributed by atoms with Crippen molar-refractivity contribution in [2.45, 2.75) is 37.5 Å². The van der Waals surface area contributed by atoms with Crippen molar-refractivity contribution in [2.24, 2.45) is 0 Å². The molecule has 0 aliphatic carbocycles. The van der Waals surface area contributed by atoms with E-state index >= 15 is 0 Å². The van der Waals surface area contributed by atoms with Crippen LogP contribution in [0.5, 0.6) is 0 Å². The molecule has 2 aliphatic rings. The number of ether oxygens (including phenoxy) is 1. The molecule has 0 aromatic carbocycles. The Morgan fingerprint density at radius 1 is 1.59 bits per heavy atom. The van der Waals surface area contributed by atoms with Gasteiger partial charge in [0.15, 0.2) is 0 Å². The number of nitrogens with zero attached hydrogens (tertiary/aromatic N) is 1. The van der Waals surface area contributed by atoms with E-state index in [1.165, 1.54) is 12.2 Å². The molecule has 1 N–H and O–H groups in total. The quantitative estimate of drug-likeness (QED) is 0.891. The Labute approximate surface area is 105 Å². The van der Waals surface area contributed by atoms with Crippen LogP contribution in [-0.2, 0) is 11.3 Å². The molecule has 17 heavy (non-hydrogen) atoms. The minimum absolute atomic E-state index is 0.157. The lowest BCUT2D eigenvalue weighted by Gasteiger charge is -2.38. The highest BCUT2D eigenvalue weighted by molar-refractivity contribution is 7.99. The molecule has 2 aliphatic heterocycles. The van der Waals surface area contributed by atoms with Gasteiger partial charge in [0.05, 0.1) is 11.3 Å². The number of rotatable bonds is 3. The van der Waals surface area contributed by atoms with Crippen LogP contribution in [0.4, 0.5) is 0 Å². The van der Waals surface area contributed by atoms with Gasteiger partial charge in [0, 0.05) is 31.0 Å². The van der Waals surface area contributed by atoms with E-state index in [2.05, 4.69) is 10.5 Å². The summed E-state index contributed by atoms with van der Waals surface area (Å²) in [6.07, 6.45) is 5.07. The van der Waals surface area contributed by atoms with Gasteiger partial charge in [-0.1, -0.05) is 5.16 Å². The summed E-state index contributed by atoms with van der Waals surface area (Å²) < 4.78 is 10.8. The van der Waals surface area contributed by atoms with E-state index in [1.54, 1.807) is 6.26 Å². The molecule has 94 valence electrons. The molecule has 0 saturated carbocycles. The third kappa shape index (κ3) is 2.67. The summed E-state index contributed by atoms with van der Waals surface area (Å²) in [4.78, 5) is 0. The second kappa shape index (κ2) is 5.00. The zero-order valence-electron chi connectivity index (χ0n) is 9.85. The van der Waals surface area contributed by atoms with Crippen molar-refractivity contribution in [1.82, 2.24) is 10.5 Å². The van der Waals surface area contributed by atoms with Crippen molar-refractivity contribution < 1.29 is 9.26 Å². The number of thioether (sulfide) groups is 1. The Bertz CT molecular complexity index is 349. The topological polar surface area (TPSA) is 47.3 Å². The van der Waals surface area contributed by atoms with Crippen LogP contribution in [0.15, 0.2) is 16.9 Å². The van der Waals surface area contributed by atoms with Crippen LogP contribution >= 0.6 is 11.8 Å². The average molecular weight is 254 g/mol. The van der Waals surface area contributed by atoms with Crippen molar-refractivity contribution in [3.05, 3.63) is 18.0 Å². The molecule has 2 atom stereocenters. The standard InChI is InChI=1S/C12H18N2O2S/c1-4-15-12(3-6-17-9-12)7-10(1)13-8-11-2-5-16-14-11/h2,5,10,13H,1,3-4,6-9H2. The van der Waals surface area contributed by atoms with Crippen molar-refractivity contribution in [1.29, 1.82) is 0 Å². The van der Waals surface area contributed by atoms with Gasteiger partial charge in [-0.2, -0.15) is 11.8 Å². The number of hydrogen-bond donors (Lipinski definition) is 1. The fourth-order valence-electron chi connectivity index (χ4n) is 2.64. The molecule has 1 aromatic heterocycles. The van der Waals surface area contributed by atoms with E-state index in [9.17, 15) is 0 Å².